The van der Waals surface area contributed by atoms with Gasteiger partial charge in [0, 0.05) is 15.1 Å². The van der Waals surface area contributed by atoms with E-state index in [9.17, 15) is 9.59 Å². The van der Waals surface area contributed by atoms with Crippen LogP contribution >= 0.6 is 27.7 Å². The van der Waals surface area contributed by atoms with Crippen molar-refractivity contribution in [3.8, 4) is 0 Å². The number of amides is 2. The molecule has 0 fully saturated rings. The van der Waals surface area contributed by atoms with Gasteiger partial charge in [0.15, 0.2) is 0 Å². The van der Waals surface area contributed by atoms with Gasteiger partial charge in [0.1, 0.15) is 0 Å². The van der Waals surface area contributed by atoms with Crippen LogP contribution in [0.15, 0.2) is 39.7 Å². The molecule has 0 spiro atoms. The van der Waals surface area contributed by atoms with E-state index in [4.69, 9.17) is 0 Å². The van der Waals surface area contributed by atoms with Crippen LogP contribution in [0, 0.1) is 27.7 Å². The van der Waals surface area contributed by atoms with E-state index in [-0.39, 0.29) is 24.1 Å². The molecular weight excluding hydrogens is 412 g/mol. The number of hydrogen-bond donors (Lipinski definition) is 2. The molecule has 0 atom stereocenters. The molecule has 0 aromatic heterocycles. The number of benzene rings is 2. The lowest BCUT2D eigenvalue weighted by Crippen LogP contribution is -2.34. The van der Waals surface area contributed by atoms with Crippen LogP contribution < -0.4 is 10.6 Å². The molecule has 6 heteroatoms. The first-order valence-corrected chi connectivity index (χ1v) is 10.1. The highest BCUT2D eigenvalue weighted by molar-refractivity contribution is 9.10. The van der Waals surface area contributed by atoms with Gasteiger partial charge in [0.2, 0.25) is 11.8 Å². The van der Waals surface area contributed by atoms with Gasteiger partial charge in [-0.1, -0.05) is 33.6 Å². The standard InChI is InChI=1S/C20H23BrN2O2S/c1-12-7-14(3)20(15(4)8-12)23-18(24)10-22-19(25)11-26-17-6-5-16(21)9-13(17)2/h5-9H,10-11H2,1-4H3,(H,22,25)(H,23,24). The molecular formula is C20H23BrN2O2S. The van der Waals surface area contributed by atoms with Crippen LogP contribution in [0.4, 0.5) is 5.69 Å². The quantitative estimate of drug-likeness (QED) is 0.656. The first-order chi connectivity index (χ1) is 12.3. The van der Waals surface area contributed by atoms with Crippen LogP contribution in [0.25, 0.3) is 0 Å². The van der Waals surface area contributed by atoms with Crippen molar-refractivity contribution in [1.82, 2.24) is 5.32 Å². The first kappa shape index (κ1) is 20.5. The average molecular weight is 435 g/mol. The Hall–Kier alpha value is -1.79. The van der Waals surface area contributed by atoms with Gasteiger partial charge in [-0.2, -0.15) is 0 Å². The normalized spacial score (nSPS) is 10.5. The highest BCUT2D eigenvalue weighted by atomic mass is 79.9. The lowest BCUT2D eigenvalue weighted by molar-refractivity contribution is -0.122. The van der Waals surface area contributed by atoms with Crippen molar-refractivity contribution in [3.05, 3.63) is 57.1 Å². The summed E-state index contributed by atoms with van der Waals surface area (Å²) < 4.78 is 1.02. The number of anilines is 1. The van der Waals surface area contributed by atoms with Crippen molar-refractivity contribution in [2.24, 2.45) is 0 Å². The van der Waals surface area contributed by atoms with Crippen LogP contribution in [-0.4, -0.2) is 24.1 Å². The van der Waals surface area contributed by atoms with E-state index in [0.29, 0.717) is 0 Å². The number of carbonyl (C=O) groups is 2. The summed E-state index contributed by atoms with van der Waals surface area (Å²) in [4.78, 5) is 25.2. The minimum atomic E-state index is -0.224. The predicted molar refractivity (Wildman–Crippen MR) is 112 cm³/mol. The summed E-state index contributed by atoms with van der Waals surface area (Å²) in [7, 11) is 0. The zero-order chi connectivity index (χ0) is 19.3. The van der Waals surface area contributed by atoms with Gasteiger partial charge in [-0.25, -0.2) is 0 Å². The summed E-state index contributed by atoms with van der Waals surface area (Å²) >= 11 is 4.89. The van der Waals surface area contributed by atoms with Crippen molar-refractivity contribution in [2.45, 2.75) is 32.6 Å². The van der Waals surface area contributed by atoms with Gasteiger partial charge in [0.25, 0.3) is 0 Å². The third-order valence-electron chi connectivity index (χ3n) is 3.88. The Morgan fingerprint density at radius 1 is 0.962 bits per heavy atom. The van der Waals surface area contributed by atoms with E-state index < -0.39 is 0 Å². The van der Waals surface area contributed by atoms with Crippen molar-refractivity contribution in [3.63, 3.8) is 0 Å². The number of hydrogen-bond acceptors (Lipinski definition) is 3. The van der Waals surface area contributed by atoms with E-state index in [2.05, 4.69) is 26.6 Å². The van der Waals surface area contributed by atoms with Crippen LogP contribution in [0.5, 0.6) is 0 Å². The molecule has 2 aromatic rings. The number of rotatable bonds is 6. The fraction of sp³-hybridized carbons (Fsp3) is 0.300. The van der Waals surface area contributed by atoms with E-state index >= 15 is 0 Å². The number of halogens is 1. The smallest absolute Gasteiger partial charge is 0.243 e. The topological polar surface area (TPSA) is 58.2 Å². The maximum Gasteiger partial charge on any atom is 0.243 e. The molecule has 0 aliphatic rings. The van der Waals surface area contributed by atoms with Crippen LogP contribution in [-0.2, 0) is 9.59 Å². The Labute approximate surface area is 167 Å². The summed E-state index contributed by atoms with van der Waals surface area (Å²) in [6.07, 6.45) is 0. The van der Waals surface area contributed by atoms with E-state index in [0.717, 1.165) is 37.3 Å². The van der Waals surface area contributed by atoms with Crippen LogP contribution in [0.2, 0.25) is 0 Å². The average Bonchev–Trinajstić information content (AvgIpc) is 2.55. The number of carbonyl (C=O) groups excluding carboxylic acids is 2. The zero-order valence-corrected chi connectivity index (χ0v) is 17.8. The maximum atomic E-state index is 12.1. The largest absolute Gasteiger partial charge is 0.346 e. The van der Waals surface area contributed by atoms with Gasteiger partial charge in [0.05, 0.1) is 12.3 Å². The molecule has 0 aliphatic carbocycles. The molecule has 0 radical (unpaired) electrons. The molecule has 0 saturated carbocycles. The maximum absolute atomic E-state index is 12.1. The van der Waals surface area contributed by atoms with Gasteiger partial charge in [-0.3, -0.25) is 9.59 Å². The van der Waals surface area contributed by atoms with Crippen LogP contribution in [0.1, 0.15) is 22.3 Å². The highest BCUT2D eigenvalue weighted by Crippen LogP contribution is 2.25. The first-order valence-electron chi connectivity index (χ1n) is 8.29. The van der Waals surface area contributed by atoms with Crippen molar-refractivity contribution < 1.29 is 9.59 Å². The zero-order valence-electron chi connectivity index (χ0n) is 15.4. The van der Waals surface area contributed by atoms with Gasteiger partial charge < -0.3 is 10.6 Å². The second-order valence-corrected chi connectivity index (χ2v) is 8.23. The predicted octanol–water partition coefficient (Wildman–Crippen LogP) is 4.53. The molecule has 4 nitrogen and oxygen atoms in total. The SMILES string of the molecule is Cc1cc(C)c(NC(=O)CNC(=O)CSc2ccc(Br)cc2C)c(C)c1. The molecule has 0 heterocycles. The van der Waals surface area contributed by atoms with Crippen LogP contribution in [0.3, 0.4) is 0 Å². The second kappa shape index (κ2) is 9.24. The van der Waals surface area contributed by atoms with E-state index in [1.165, 1.54) is 11.8 Å². The van der Waals surface area contributed by atoms with Gasteiger partial charge >= 0.3 is 0 Å². The molecule has 0 unspecified atom stereocenters. The lowest BCUT2D eigenvalue weighted by Gasteiger charge is -2.13. The highest BCUT2D eigenvalue weighted by Gasteiger charge is 2.10. The fourth-order valence-corrected chi connectivity index (χ4v) is 4.02. The summed E-state index contributed by atoms with van der Waals surface area (Å²) in [5.74, 6) is -0.110. The van der Waals surface area contributed by atoms with Crippen molar-refractivity contribution >= 4 is 45.2 Å². The van der Waals surface area contributed by atoms with Gasteiger partial charge in [-0.15, -0.1) is 11.8 Å². The molecule has 2 amide bonds. The Morgan fingerprint density at radius 3 is 2.23 bits per heavy atom. The minimum absolute atomic E-state index is 0.0362. The molecule has 2 rings (SSSR count). The summed E-state index contributed by atoms with van der Waals surface area (Å²) in [5, 5.41) is 5.56. The molecule has 26 heavy (non-hydrogen) atoms. The number of aryl methyl sites for hydroxylation is 4. The third-order valence-corrected chi connectivity index (χ3v) is 5.55. The van der Waals surface area contributed by atoms with E-state index in [1.54, 1.807) is 0 Å². The van der Waals surface area contributed by atoms with Gasteiger partial charge in [-0.05, 0) is 62.6 Å². The molecule has 2 aromatic carbocycles. The number of thioether (sulfide) groups is 1. The Balaban J connectivity index is 1.83. The molecule has 0 aliphatic heterocycles. The Morgan fingerprint density at radius 2 is 1.62 bits per heavy atom. The third kappa shape index (κ3) is 5.88. The summed E-state index contributed by atoms with van der Waals surface area (Å²) in [6, 6.07) is 10.00. The second-order valence-electron chi connectivity index (χ2n) is 6.30. The summed E-state index contributed by atoms with van der Waals surface area (Å²) in [6.45, 7) is 7.92. The molecule has 2 N–H and O–H groups in total. The van der Waals surface area contributed by atoms with Crippen molar-refractivity contribution in [1.29, 1.82) is 0 Å². The Bertz CT molecular complexity index is 814. The summed E-state index contributed by atoms with van der Waals surface area (Å²) in [5.41, 5.74) is 5.12. The molecule has 0 bridgehead atoms. The molecule has 138 valence electrons. The lowest BCUT2D eigenvalue weighted by atomic mass is 10.1. The fourth-order valence-electron chi connectivity index (χ4n) is 2.71. The van der Waals surface area contributed by atoms with E-state index in [1.807, 2.05) is 58.0 Å². The Kier molecular flexibility index (Phi) is 7.29. The monoisotopic (exact) mass is 434 g/mol. The number of nitrogens with one attached hydrogen (secondary N) is 2. The van der Waals surface area contributed by atoms with Crippen molar-refractivity contribution in [2.75, 3.05) is 17.6 Å². The molecule has 0 saturated heterocycles. The minimum Gasteiger partial charge on any atom is -0.346 e.